The normalized spacial score (nSPS) is 13.9. The number of benzene rings is 1. The third-order valence-corrected chi connectivity index (χ3v) is 5.36. The Balaban J connectivity index is 2.46. The molecule has 0 heterocycles. The maximum Gasteiger partial charge on any atom is 0.0820 e. The Kier molecular flexibility index (Phi) is 9.12. The van der Waals surface area contributed by atoms with E-state index in [9.17, 15) is 0 Å². The fourth-order valence-electron chi connectivity index (χ4n) is 2.66. The fraction of sp³-hybridized carbons (Fsp3) is 0.727. The second-order valence-electron chi connectivity index (χ2n) is 8.62. The molecule has 1 unspecified atom stereocenters. The highest BCUT2D eigenvalue weighted by Crippen LogP contribution is 2.25. The van der Waals surface area contributed by atoms with Gasteiger partial charge in [0.15, 0.2) is 0 Å². The molecule has 0 fully saturated rings. The smallest absolute Gasteiger partial charge is 0.0820 e. The summed E-state index contributed by atoms with van der Waals surface area (Å²) >= 11 is 0. The van der Waals surface area contributed by atoms with E-state index in [0.29, 0.717) is 5.41 Å². The Bertz CT molecular complexity index is 497. The van der Waals surface area contributed by atoms with Gasteiger partial charge in [-0.2, -0.15) is 0 Å². The van der Waals surface area contributed by atoms with Crippen molar-refractivity contribution in [2.24, 2.45) is 5.41 Å². The van der Waals surface area contributed by atoms with Crippen LogP contribution in [-0.2, 0) is 17.7 Å². The predicted molar refractivity (Wildman–Crippen MR) is 109 cm³/mol. The second kappa shape index (κ2) is 10.3. The summed E-state index contributed by atoms with van der Waals surface area (Å²) < 4.78 is 5.61. The van der Waals surface area contributed by atoms with E-state index >= 15 is 0 Å². The van der Waals surface area contributed by atoms with Crippen LogP contribution in [0.25, 0.3) is 0 Å². The van der Waals surface area contributed by atoms with Crippen molar-refractivity contribution in [2.45, 2.75) is 79.0 Å². The van der Waals surface area contributed by atoms with Gasteiger partial charge in [-0.1, -0.05) is 58.4 Å². The van der Waals surface area contributed by atoms with Crippen LogP contribution in [0.2, 0.25) is 0 Å². The molecule has 3 heteroatoms. The highest BCUT2D eigenvalue weighted by molar-refractivity contribution is 5.24. The van der Waals surface area contributed by atoms with Gasteiger partial charge >= 0.3 is 0 Å². The topological polar surface area (TPSA) is 33.3 Å². The van der Waals surface area contributed by atoms with Gasteiger partial charge in [0.25, 0.3) is 0 Å². The van der Waals surface area contributed by atoms with Crippen molar-refractivity contribution in [3.05, 3.63) is 35.4 Å². The Labute approximate surface area is 155 Å². The van der Waals surface area contributed by atoms with Crippen molar-refractivity contribution in [1.29, 1.82) is 0 Å². The maximum atomic E-state index is 5.61. The number of hydrogen-bond acceptors (Lipinski definition) is 3. The SMILES string of the molecule is CCC(C)(C)Cc1cccc(CNCC(CNC(C)(C)CC)OC)c1. The Morgan fingerprint density at radius 1 is 1.00 bits per heavy atom. The molecular formula is C22H40N2O. The highest BCUT2D eigenvalue weighted by Gasteiger charge is 2.17. The molecule has 0 aliphatic heterocycles. The summed E-state index contributed by atoms with van der Waals surface area (Å²) in [5.74, 6) is 0. The van der Waals surface area contributed by atoms with Gasteiger partial charge in [0, 0.05) is 32.3 Å². The molecule has 0 radical (unpaired) electrons. The molecular weight excluding hydrogens is 308 g/mol. The number of nitrogens with one attached hydrogen (secondary N) is 2. The van der Waals surface area contributed by atoms with Crippen LogP contribution in [0.3, 0.4) is 0 Å². The summed E-state index contributed by atoms with van der Waals surface area (Å²) in [6.45, 7) is 16.2. The Morgan fingerprint density at radius 3 is 2.28 bits per heavy atom. The quantitative estimate of drug-likeness (QED) is 0.581. The molecule has 0 bridgehead atoms. The molecule has 1 rings (SSSR count). The van der Waals surface area contributed by atoms with E-state index in [2.05, 4.69) is 76.4 Å². The molecule has 0 aromatic heterocycles. The van der Waals surface area contributed by atoms with Crippen molar-refractivity contribution in [3.8, 4) is 0 Å². The van der Waals surface area contributed by atoms with Gasteiger partial charge in [0.1, 0.15) is 0 Å². The lowest BCUT2D eigenvalue weighted by molar-refractivity contribution is 0.0930. The van der Waals surface area contributed by atoms with Gasteiger partial charge in [-0.3, -0.25) is 0 Å². The average molecular weight is 349 g/mol. The van der Waals surface area contributed by atoms with E-state index in [4.69, 9.17) is 4.74 Å². The molecule has 0 saturated carbocycles. The van der Waals surface area contributed by atoms with Gasteiger partial charge in [-0.25, -0.2) is 0 Å². The third-order valence-electron chi connectivity index (χ3n) is 5.36. The van der Waals surface area contributed by atoms with Crippen LogP contribution in [0.15, 0.2) is 24.3 Å². The number of rotatable bonds is 12. The van der Waals surface area contributed by atoms with E-state index in [1.54, 1.807) is 7.11 Å². The predicted octanol–water partition coefficient (Wildman–Crippen LogP) is 4.55. The van der Waals surface area contributed by atoms with Crippen LogP contribution in [-0.4, -0.2) is 31.8 Å². The first kappa shape index (κ1) is 22.1. The summed E-state index contributed by atoms with van der Waals surface area (Å²) in [4.78, 5) is 0. The van der Waals surface area contributed by atoms with Crippen molar-refractivity contribution < 1.29 is 4.74 Å². The molecule has 3 nitrogen and oxygen atoms in total. The molecule has 2 N–H and O–H groups in total. The highest BCUT2D eigenvalue weighted by atomic mass is 16.5. The monoisotopic (exact) mass is 348 g/mol. The molecule has 0 spiro atoms. The van der Waals surface area contributed by atoms with Crippen LogP contribution < -0.4 is 10.6 Å². The maximum absolute atomic E-state index is 5.61. The van der Waals surface area contributed by atoms with Crippen LogP contribution in [0.1, 0.15) is 65.5 Å². The molecule has 1 aromatic carbocycles. The molecule has 1 aromatic rings. The first-order chi connectivity index (χ1) is 11.7. The van der Waals surface area contributed by atoms with Crippen molar-refractivity contribution in [2.75, 3.05) is 20.2 Å². The zero-order valence-electron chi connectivity index (χ0n) is 17.5. The summed E-state index contributed by atoms with van der Waals surface area (Å²) in [6.07, 6.45) is 3.63. The molecule has 0 saturated heterocycles. The van der Waals surface area contributed by atoms with Crippen molar-refractivity contribution in [3.63, 3.8) is 0 Å². The minimum atomic E-state index is 0.164. The lowest BCUT2D eigenvalue weighted by Crippen LogP contribution is -2.45. The second-order valence-corrected chi connectivity index (χ2v) is 8.62. The van der Waals surface area contributed by atoms with Crippen molar-refractivity contribution >= 4 is 0 Å². The lowest BCUT2D eigenvalue weighted by atomic mass is 9.83. The van der Waals surface area contributed by atoms with E-state index < -0.39 is 0 Å². The van der Waals surface area contributed by atoms with Gasteiger partial charge < -0.3 is 15.4 Å². The fourth-order valence-corrected chi connectivity index (χ4v) is 2.66. The summed E-state index contributed by atoms with van der Waals surface area (Å²) in [5.41, 5.74) is 3.31. The third kappa shape index (κ3) is 8.84. The molecule has 144 valence electrons. The average Bonchev–Trinajstić information content (AvgIpc) is 2.58. The molecule has 1 atom stereocenters. The molecule has 0 aliphatic rings. The summed E-state index contributed by atoms with van der Waals surface area (Å²) in [6, 6.07) is 8.97. The standard InChI is InChI=1S/C22H40N2O/c1-8-21(3,4)14-18-11-10-12-19(13-18)15-23-16-20(25-7)17-24-22(5,6)9-2/h10-13,20,23-24H,8-9,14-17H2,1-7H3. The first-order valence-electron chi connectivity index (χ1n) is 9.77. The Morgan fingerprint density at radius 2 is 1.68 bits per heavy atom. The number of ether oxygens (including phenoxy) is 1. The van der Waals surface area contributed by atoms with Crippen molar-refractivity contribution in [1.82, 2.24) is 10.6 Å². The number of methoxy groups -OCH3 is 1. The van der Waals surface area contributed by atoms with Gasteiger partial charge in [-0.15, -0.1) is 0 Å². The zero-order valence-corrected chi connectivity index (χ0v) is 17.5. The van der Waals surface area contributed by atoms with Gasteiger partial charge in [-0.05, 0) is 43.2 Å². The molecule has 25 heavy (non-hydrogen) atoms. The summed E-state index contributed by atoms with van der Waals surface area (Å²) in [7, 11) is 1.79. The van der Waals surface area contributed by atoms with E-state index in [0.717, 1.165) is 32.5 Å². The van der Waals surface area contributed by atoms with E-state index in [1.807, 2.05) is 0 Å². The zero-order chi connectivity index (χ0) is 18.9. The van der Waals surface area contributed by atoms with Gasteiger partial charge in [0.2, 0.25) is 0 Å². The largest absolute Gasteiger partial charge is 0.379 e. The van der Waals surface area contributed by atoms with E-state index in [1.165, 1.54) is 17.5 Å². The van der Waals surface area contributed by atoms with E-state index in [-0.39, 0.29) is 11.6 Å². The summed E-state index contributed by atoms with van der Waals surface area (Å²) in [5, 5.41) is 7.13. The Hall–Kier alpha value is -0.900. The lowest BCUT2D eigenvalue weighted by Gasteiger charge is -2.27. The van der Waals surface area contributed by atoms with Gasteiger partial charge in [0.05, 0.1) is 6.10 Å². The molecule has 0 amide bonds. The van der Waals surface area contributed by atoms with Crippen LogP contribution >= 0.6 is 0 Å². The minimum absolute atomic E-state index is 0.164. The first-order valence-corrected chi connectivity index (χ1v) is 9.77. The molecule has 0 aliphatic carbocycles. The van der Waals surface area contributed by atoms with Crippen LogP contribution in [0.4, 0.5) is 0 Å². The van der Waals surface area contributed by atoms with Crippen LogP contribution in [0, 0.1) is 5.41 Å². The number of hydrogen-bond donors (Lipinski definition) is 2. The van der Waals surface area contributed by atoms with Crippen LogP contribution in [0.5, 0.6) is 0 Å². The minimum Gasteiger partial charge on any atom is -0.379 e.